The number of hydrogen-bond acceptors (Lipinski definition) is 2. The van der Waals surface area contributed by atoms with E-state index in [0.29, 0.717) is 32.8 Å². The summed E-state index contributed by atoms with van der Waals surface area (Å²) >= 11 is 0. The molecule has 3 nitrogen and oxygen atoms in total. The highest BCUT2D eigenvalue weighted by atomic mass is 31.1. The van der Waals surface area contributed by atoms with Crippen LogP contribution in [0.2, 0.25) is 0 Å². The average Bonchev–Trinajstić information content (AvgIpc) is 3.32. The van der Waals surface area contributed by atoms with Crippen LogP contribution in [-0.4, -0.2) is 4.57 Å². The summed E-state index contributed by atoms with van der Waals surface area (Å²) in [7, 11) is 2.79. The molecule has 0 bridgehead atoms. The zero-order valence-corrected chi connectivity index (χ0v) is 21.2. The van der Waals surface area contributed by atoms with Crippen LogP contribution in [0, 0.1) is 11.8 Å². The maximum Gasteiger partial charge on any atom is 0.138 e. The molecule has 4 heteroatoms. The molecule has 0 radical (unpaired) electrons. The van der Waals surface area contributed by atoms with Crippen molar-refractivity contribution in [1.29, 1.82) is 0 Å². The zero-order valence-electron chi connectivity index (χ0n) is 20.2. The van der Waals surface area contributed by atoms with Gasteiger partial charge in [-0.2, -0.15) is 0 Å². The molecule has 3 aromatic carbocycles. The van der Waals surface area contributed by atoms with Crippen LogP contribution in [0.1, 0.15) is 50.9 Å². The van der Waals surface area contributed by atoms with Crippen LogP contribution in [0.4, 0.5) is 11.5 Å². The summed E-state index contributed by atoms with van der Waals surface area (Å²) in [4.78, 5) is 0. The van der Waals surface area contributed by atoms with Gasteiger partial charge in [-0.1, -0.05) is 107 Å². The van der Waals surface area contributed by atoms with Gasteiger partial charge in [0.1, 0.15) is 5.82 Å². The van der Waals surface area contributed by atoms with Gasteiger partial charge in [-0.05, 0) is 29.0 Å². The molecule has 1 aliphatic rings. The van der Waals surface area contributed by atoms with E-state index in [2.05, 4.69) is 134 Å². The van der Waals surface area contributed by atoms with E-state index < -0.39 is 0 Å². The molecule has 3 atom stereocenters. The first-order chi connectivity index (χ1) is 16.0. The fraction of sp³-hybridized carbons (Fsp3) is 0.310. The van der Waals surface area contributed by atoms with Crippen molar-refractivity contribution < 1.29 is 0 Å². The number of aryl methyl sites for hydroxylation is 1. The van der Waals surface area contributed by atoms with E-state index >= 15 is 0 Å². The van der Waals surface area contributed by atoms with Gasteiger partial charge in [-0.25, -0.2) is 0 Å². The van der Waals surface area contributed by atoms with Gasteiger partial charge in [0.05, 0.1) is 32.2 Å². The number of benzene rings is 3. The van der Waals surface area contributed by atoms with Crippen molar-refractivity contribution in [2.45, 2.75) is 39.8 Å². The topological polar surface area (TPSA) is 11.4 Å². The molecule has 0 saturated carbocycles. The van der Waals surface area contributed by atoms with Gasteiger partial charge in [-0.15, -0.1) is 0 Å². The number of anilines is 2. The van der Waals surface area contributed by atoms with Crippen molar-refractivity contribution in [2.24, 2.45) is 18.9 Å². The lowest BCUT2D eigenvalue weighted by molar-refractivity contribution is 0.512. The van der Waals surface area contributed by atoms with Gasteiger partial charge in [0, 0.05) is 12.4 Å². The minimum Gasteiger partial charge on any atom is -0.328 e. The molecule has 1 aromatic heterocycles. The van der Waals surface area contributed by atoms with E-state index in [0.717, 1.165) is 0 Å². The largest absolute Gasteiger partial charge is 0.328 e. The average molecular weight is 456 g/mol. The molecule has 170 valence electrons. The molecule has 2 heterocycles. The monoisotopic (exact) mass is 455 g/mol. The predicted molar refractivity (Wildman–Crippen MR) is 144 cm³/mol. The molecule has 1 unspecified atom stereocenters. The van der Waals surface area contributed by atoms with E-state index in [4.69, 9.17) is 0 Å². The first-order valence-corrected chi connectivity index (χ1v) is 12.9. The Bertz CT molecular complexity index is 1230. The number of rotatable bonds is 6. The summed E-state index contributed by atoms with van der Waals surface area (Å²) in [6.07, 6.45) is 0. The summed E-state index contributed by atoms with van der Waals surface area (Å²) in [5, 5.41) is 1.35. The third-order valence-corrected chi connectivity index (χ3v) is 8.26. The van der Waals surface area contributed by atoms with Gasteiger partial charge in [0.25, 0.3) is 0 Å². The second-order valence-electron chi connectivity index (χ2n) is 9.79. The van der Waals surface area contributed by atoms with Gasteiger partial charge < -0.3 is 13.9 Å². The lowest BCUT2D eigenvalue weighted by Gasteiger charge is -2.37. The second-order valence-corrected chi connectivity index (χ2v) is 11.0. The minimum atomic E-state index is 0.319. The summed E-state index contributed by atoms with van der Waals surface area (Å²) in [6.45, 7) is 9.41. The summed E-state index contributed by atoms with van der Waals surface area (Å²) in [6, 6.07) is 31.6. The Morgan fingerprint density at radius 2 is 1.09 bits per heavy atom. The molecule has 0 aliphatic carbocycles. The number of para-hydroxylation sites is 1. The van der Waals surface area contributed by atoms with Gasteiger partial charge >= 0.3 is 0 Å². The van der Waals surface area contributed by atoms with Crippen LogP contribution in [0.15, 0.2) is 84.9 Å². The predicted octanol–water partition coefficient (Wildman–Crippen LogP) is 8.11. The number of hydrogen-bond donors (Lipinski definition) is 0. The van der Waals surface area contributed by atoms with Crippen LogP contribution in [0.5, 0.6) is 0 Å². The number of fused-ring (bicyclic) bond motifs is 3. The maximum absolute atomic E-state index is 2.69. The van der Waals surface area contributed by atoms with Crippen molar-refractivity contribution >= 4 is 31.3 Å². The Labute approximate surface area is 199 Å². The molecule has 0 spiro atoms. The number of nitrogens with zero attached hydrogens (tertiary/aromatic N) is 3. The SMILES string of the molecule is CC(C)[C@@H](c1ccccc1)N1PN([C@H](c2ccccc2)C(C)C)c2c1c1ccccc1n2C. The quantitative estimate of drug-likeness (QED) is 0.272. The van der Waals surface area contributed by atoms with Crippen molar-refractivity contribution in [2.75, 3.05) is 9.34 Å². The highest BCUT2D eigenvalue weighted by molar-refractivity contribution is 7.43. The first kappa shape index (κ1) is 22.0. The lowest BCUT2D eigenvalue weighted by atomic mass is 9.95. The van der Waals surface area contributed by atoms with Gasteiger partial charge in [-0.3, -0.25) is 0 Å². The fourth-order valence-corrected chi connectivity index (χ4v) is 7.49. The normalized spacial score (nSPS) is 16.2. The van der Waals surface area contributed by atoms with Crippen LogP contribution in [0.25, 0.3) is 10.9 Å². The smallest absolute Gasteiger partial charge is 0.138 e. The Morgan fingerprint density at radius 3 is 1.64 bits per heavy atom. The summed E-state index contributed by atoms with van der Waals surface area (Å²) in [5.41, 5.74) is 5.46. The van der Waals surface area contributed by atoms with Crippen molar-refractivity contribution in [3.63, 3.8) is 0 Å². The van der Waals surface area contributed by atoms with Crippen molar-refractivity contribution in [3.05, 3.63) is 96.1 Å². The van der Waals surface area contributed by atoms with E-state index in [-0.39, 0.29) is 0 Å². The Kier molecular flexibility index (Phi) is 5.93. The molecule has 5 rings (SSSR count). The third kappa shape index (κ3) is 3.73. The minimum absolute atomic E-state index is 0.319. The highest BCUT2D eigenvalue weighted by Gasteiger charge is 2.41. The molecule has 0 N–H and O–H groups in total. The van der Waals surface area contributed by atoms with Crippen LogP contribution in [-0.2, 0) is 7.05 Å². The maximum atomic E-state index is 2.69. The molecule has 1 aliphatic heterocycles. The van der Waals surface area contributed by atoms with Gasteiger partial charge in [0.15, 0.2) is 0 Å². The van der Waals surface area contributed by atoms with Crippen LogP contribution < -0.4 is 9.34 Å². The van der Waals surface area contributed by atoms with Gasteiger partial charge in [0.2, 0.25) is 0 Å². The molecule has 4 aromatic rings. The zero-order chi connectivity index (χ0) is 23.1. The molecular weight excluding hydrogens is 421 g/mol. The summed E-state index contributed by atoms with van der Waals surface area (Å²) in [5.74, 6) is 2.32. The molecular formula is C29H34N3P. The Balaban J connectivity index is 1.72. The fourth-order valence-electron chi connectivity index (χ4n) is 5.45. The van der Waals surface area contributed by atoms with Crippen LogP contribution in [0.3, 0.4) is 0 Å². The Morgan fingerprint density at radius 1 is 0.606 bits per heavy atom. The number of aromatic nitrogens is 1. The standard InChI is InChI=1S/C29H34N3P/c1-20(2)26(22-14-8-6-9-15-22)31-28-24-18-12-13-19-25(24)30(5)29(28)32(33-31)27(21(3)4)23-16-10-7-11-17-23/h6-21,26-27,33H,1-5H3/t26-,27-/m0/s1. The van der Waals surface area contributed by atoms with E-state index in [9.17, 15) is 0 Å². The molecule has 0 fully saturated rings. The third-order valence-electron chi connectivity index (χ3n) is 6.84. The Hall–Kier alpha value is -2.77. The van der Waals surface area contributed by atoms with Crippen molar-refractivity contribution in [3.8, 4) is 0 Å². The lowest BCUT2D eigenvalue weighted by Crippen LogP contribution is -2.28. The van der Waals surface area contributed by atoms with E-state index in [1.54, 1.807) is 0 Å². The first-order valence-electron chi connectivity index (χ1n) is 12.0. The van der Waals surface area contributed by atoms with E-state index in [1.165, 1.54) is 33.5 Å². The molecule has 33 heavy (non-hydrogen) atoms. The molecule has 0 saturated heterocycles. The van der Waals surface area contributed by atoms with Crippen molar-refractivity contribution in [1.82, 2.24) is 4.57 Å². The van der Waals surface area contributed by atoms with Crippen LogP contribution >= 0.6 is 8.88 Å². The summed E-state index contributed by atoms with van der Waals surface area (Å²) < 4.78 is 7.78. The second kappa shape index (κ2) is 8.88. The highest BCUT2D eigenvalue weighted by Crippen LogP contribution is 2.60. The van der Waals surface area contributed by atoms with E-state index in [1.807, 2.05) is 0 Å². The molecule has 0 amide bonds.